The van der Waals surface area contributed by atoms with E-state index in [4.69, 9.17) is 9.41 Å². The lowest BCUT2D eigenvalue weighted by atomic mass is 9.94. The molecule has 5 heteroatoms. The number of hydrogen-bond donors (Lipinski definition) is 2. The molecule has 1 aromatic carbocycles. The van der Waals surface area contributed by atoms with Gasteiger partial charge >= 0.3 is 0 Å². The molecule has 0 aliphatic carbocycles. The quantitative estimate of drug-likeness (QED) is 0.638. The molecule has 2 atom stereocenters. The van der Waals surface area contributed by atoms with Crippen molar-refractivity contribution in [2.75, 3.05) is 26.2 Å². The zero-order chi connectivity index (χ0) is 18.6. The molecule has 2 heterocycles. The average Bonchev–Trinajstić information content (AvgIpc) is 3.31. The summed E-state index contributed by atoms with van der Waals surface area (Å²) in [4.78, 5) is 6.99. The summed E-state index contributed by atoms with van der Waals surface area (Å²) < 4.78 is 5.35. The Labute approximate surface area is 155 Å². The van der Waals surface area contributed by atoms with Crippen LogP contribution >= 0.6 is 0 Å². The second kappa shape index (κ2) is 7.96. The summed E-state index contributed by atoms with van der Waals surface area (Å²) in [5, 5.41) is 14.0. The first-order chi connectivity index (χ1) is 12.5. The van der Waals surface area contributed by atoms with E-state index in [0.717, 1.165) is 32.0 Å². The number of furan rings is 1. The van der Waals surface area contributed by atoms with E-state index in [1.165, 1.54) is 11.1 Å². The van der Waals surface area contributed by atoms with Crippen molar-refractivity contribution in [1.29, 1.82) is 0 Å². The number of likely N-dealkylation sites (tertiary alicyclic amines) is 1. The first kappa shape index (κ1) is 18.5. The van der Waals surface area contributed by atoms with Gasteiger partial charge in [0.05, 0.1) is 12.8 Å². The summed E-state index contributed by atoms with van der Waals surface area (Å²) in [6, 6.07) is 12.2. The fourth-order valence-electron chi connectivity index (χ4n) is 3.57. The highest BCUT2D eigenvalue weighted by Gasteiger charge is 2.29. The van der Waals surface area contributed by atoms with Gasteiger partial charge in [0.2, 0.25) is 0 Å². The van der Waals surface area contributed by atoms with Crippen LogP contribution in [0.5, 0.6) is 0 Å². The van der Waals surface area contributed by atoms with Crippen molar-refractivity contribution < 1.29 is 9.52 Å². The van der Waals surface area contributed by atoms with Gasteiger partial charge in [-0.3, -0.25) is 0 Å². The summed E-state index contributed by atoms with van der Waals surface area (Å²) in [6.07, 6.45) is 2.69. The van der Waals surface area contributed by atoms with Gasteiger partial charge in [-0.2, -0.15) is 0 Å². The fourth-order valence-corrected chi connectivity index (χ4v) is 3.57. The molecule has 1 aliphatic heterocycles. The molecule has 3 rings (SSSR count). The summed E-state index contributed by atoms with van der Waals surface area (Å²) in [7, 11) is 0. The number of nitrogens with zero attached hydrogens (tertiary/aromatic N) is 2. The van der Waals surface area contributed by atoms with Gasteiger partial charge in [-0.1, -0.05) is 24.3 Å². The molecule has 1 aliphatic rings. The summed E-state index contributed by atoms with van der Waals surface area (Å²) in [6.45, 7) is 8.95. The van der Waals surface area contributed by atoms with Crippen molar-refractivity contribution >= 4 is 5.96 Å². The van der Waals surface area contributed by atoms with Gasteiger partial charge in [0, 0.05) is 25.6 Å². The van der Waals surface area contributed by atoms with Crippen LogP contribution in [0.1, 0.15) is 43.1 Å². The Balaban J connectivity index is 1.71. The zero-order valence-electron chi connectivity index (χ0n) is 15.9. The molecule has 1 fully saturated rings. The van der Waals surface area contributed by atoms with Crippen LogP contribution in [0, 0.1) is 6.92 Å². The lowest BCUT2D eigenvalue weighted by Gasteiger charge is -2.24. The maximum absolute atomic E-state index is 10.7. The van der Waals surface area contributed by atoms with Crippen LogP contribution in [0.25, 0.3) is 0 Å². The summed E-state index contributed by atoms with van der Waals surface area (Å²) in [5.74, 6) is 1.91. The van der Waals surface area contributed by atoms with Crippen molar-refractivity contribution in [1.82, 2.24) is 10.2 Å². The van der Waals surface area contributed by atoms with Gasteiger partial charge in [-0.05, 0) is 50.5 Å². The first-order valence-electron chi connectivity index (χ1n) is 9.36. The van der Waals surface area contributed by atoms with Gasteiger partial charge in [0.25, 0.3) is 0 Å². The zero-order valence-corrected chi connectivity index (χ0v) is 15.9. The van der Waals surface area contributed by atoms with E-state index in [9.17, 15) is 5.11 Å². The molecule has 140 valence electrons. The third kappa shape index (κ3) is 4.10. The molecule has 26 heavy (non-hydrogen) atoms. The Morgan fingerprint density at radius 2 is 2.15 bits per heavy atom. The van der Waals surface area contributed by atoms with E-state index in [2.05, 4.69) is 48.3 Å². The predicted molar refractivity (Wildman–Crippen MR) is 104 cm³/mol. The standard InChI is InChI=1S/C21H29N3O2/c1-4-22-20(23-15-21(3,25)19-10-7-13-26-19)24-12-11-17(14-24)18-9-6-5-8-16(18)2/h5-10,13,17,25H,4,11-12,14-15H2,1-3H3,(H,22,23). The van der Waals surface area contributed by atoms with Crippen molar-refractivity contribution in [3.05, 3.63) is 59.5 Å². The van der Waals surface area contributed by atoms with Crippen LogP contribution in [0.2, 0.25) is 0 Å². The molecular formula is C21H29N3O2. The Bertz CT molecular complexity index is 737. The monoisotopic (exact) mass is 355 g/mol. The second-order valence-corrected chi connectivity index (χ2v) is 7.21. The smallest absolute Gasteiger partial charge is 0.194 e. The Kier molecular flexibility index (Phi) is 5.67. The van der Waals surface area contributed by atoms with Gasteiger partial charge in [-0.25, -0.2) is 4.99 Å². The topological polar surface area (TPSA) is 61.0 Å². The highest BCUT2D eigenvalue weighted by molar-refractivity contribution is 5.80. The minimum absolute atomic E-state index is 0.258. The highest BCUT2D eigenvalue weighted by Crippen LogP contribution is 2.29. The molecule has 0 bridgehead atoms. The van der Waals surface area contributed by atoms with Crippen LogP contribution < -0.4 is 5.32 Å². The molecule has 0 amide bonds. The highest BCUT2D eigenvalue weighted by atomic mass is 16.4. The second-order valence-electron chi connectivity index (χ2n) is 7.21. The lowest BCUT2D eigenvalue weighted by Crippen LogP contribution is -2.41. The van der Waals surface area contributed by atoms with Crippen molar-refractivity contribution in [2.45, 2.75) is 38.7 Å². The number of hydrogen-bond acceptors (Lipinski definition) is 3. The molecule has 1 saturated heterocycles. The number of rotatable bonds is 5. The molecule has 2 unspecified atom stereocenters. The Hall–Kier alpha value is -2.27. The number of guanidine groups is 1. The van der Waals surface area contributed by atoms with E-state index in [1.807, 2.05) is 0 Å². The predicted octanol–water partition coefficient (Wildman–Crippen LogP) is 3.25. The van der Waals surface area contributed by atoms with Gasteiger partial charge in [0.15, 0.2) is 5.96 Å². The fraction of sp³-hybridized carbons (Fsp3) is 0.476. The minimum atomic E-state index is -1.11. The van der Waals surface area contributed by atoms with Crippen molar-refractivity contribution in [3.8, 4) is 0 Å². The van der Waals surface area contributed by atoms with E-state index in [0.29, 0.717) is 11.7 Å². The van der Waals surface area contributed by atoms with Gasteiger partial charge < -0.3 is 19.7 Å². The van der Waals surface area contributed by atoms with Crippen molar-refractivity contribution in [3.63, 3.8) is 0 Å². The maximum atomic E-state index is 10.7. The minimum Gasteiger partial charge on any atom is -0.466 e. The van der Waals surface area contributed by atoms with Crippen LogP contribution in [-0.2, 0) is 5.60 Å². The van der Waals surface area contributed by atoms with Crippen LogP contribution in [0.4, 0.5) is 0 Å². The molecule has 0 radical (unpaired) electrons. The summed E-state index contributed by atoms with van der Waals surface area (Å²) >= 11 is 0. The molecule has 0 spiro atoms. The maximum Gasteiger partial charge on any atom is 0.194 e. The van der Waals surface area contributed by atoms with E-state index < -0.39 is 5.60 Å². The Morgan fingerprint density at radius 1 is 1.35 bits per heavy atom. The van der Waals surface area contributed by atoms with Crippen LogP contribution in [0.15, 0.2) is 52.1 Å². The number of nitrogens with one attached hydrogen (secondary N) is 1. The van der Waals surface area contributed by atoms with E-state index in [1.54, 1.807) is 25.3 Å². The molecule has 2 aromatic rings. The van der Waals surface area contributed by atoms with Gasteiger partial charge in [0.1, 0.15) is 11.4 Å². The number of benzene rings is 1. The van der Waals surface area contributed by atoms with E-state index >= 15 is 0 Å². The molecular weight excluding hydrogens is 326 g/mol. The summed E-state index contributed by atoms with van der Waals surface area (Å²) in [5.41, 5.74) is 1.66. The first-order valence-corrected chi connectivity index (χ1v) is 9.36. The molecule has 2 N–H and O–H groups in total. The Morgan fingerprint density at radius 3 is 2.85 bits per heavy atom. The third-order valence-corrected chi connectivity index (χ3v) is 5.04. The number of aliphatic hydroxyl groups is 1. The largest absolute Gasteiger partial charge is 0.466 e. The lowest BCUT2D eigenvalue weighted by molar-refractivity contribution is 0.0435. The SMILES string of the molecule is CCNC(=NCC(C)(O)c1ccco1)N1CCC(c2ccccc2C)C1. The average molecular weight is 355 g/mol. The number of aryl methyl sites for hydroxylation is 1. The van der Waals surface area contributed by atoms with Crippen LogP contribution in [-0.4, -0.2) is 42.1 Å². The number of aliphatic imine (C=N–C) groups is 1. The van der Waals surface area contributed by atoms with Crippen molar-refractivity contribution in [2.24, 2.45) is 4.99 Å². The van der Waals surface area contributed by atoms with Gasteiger partial charge in [-0.15, -0.1) is 0 Å². The van der Waals surface area contributed by atoms with E-state index in [-0.39, 0.29) is 6.54 Å². The van der Waals surface area contributed by atoms with Crippen LogP contribution in [0.3, 0.4) is 0 Å². The normalized spacial score (nSPS) is 20.2. The molecule has 1 aromatic heterocycles. The third-order valence-electron chi connectivity index (χ3n) is 5.04. The molecule has 0 saturated carbocycles. The molecule has 5 nitrogen and oxygen atoms in total.